The van der Waals surface area contributed by atoms with E-state index in [0.717, 1.165) is 22.1 Å². The molecule has 5 aromatic rings. The molecule has 1 atom stereocenters. The monoisotopic (exact) mass is 574 g/mol. The standard InChI is InChI=1S/C35H27FN2O5/c1-19-13-27-21(3)33(42-30(27)14-20(19)2)35(39)41-25-11-12-26-31(16-25)43-34(38)28(17-37)32(26)22-8-6-9-24(15-22)40-18-23-7-4-5-10-29(23)36/h4-16,32H,18,38H2,1-3H3. The summed E-state index contributed by atoms with van der Waals surface area (Å²) in [5.74, 6) is -0.424. The van der Waals surface area contributed by atoms with Crippen molar-refractivity contribution in [2.45, 2.75) is 33.3 Å². The summed E-state index contributed by atoms with van der Waals surface area (Å²) in [6.07, 6.45) is 0. The lowest BCUT2D eigenvalue weighted by Gasteiger charge is -2.27. The Hall–Kier alpha value is -5.55. The first kappa shape index (κ1) is 27.6. The summed E-state index contributed by atoms with van der Waals surface area (Å²) in [5, 5.41) is 10.8. The topological polar surface area (TPSA) is 108 Å². The lowest BCUT2D eigenvalue weighted by Crippen LogP contribution is -2.21. The lowest BCUT2D eigenvalue weighted by molar-refractivity contribution is 0.0702. The van der Waals surface area contributed by atoms with Gasteiger partial charge in [0.25, 0.3) is 0 Å². The van der Waals surface area contributed by atoms with Crippen LogP contribution in [0.25, 0.3) is 11.0 Å². The van der Waals surface area contributed by atoms with Crippen LogP contribution in [0.5, 0.6) is 17.2 Å². The molecular formula is C35H27FN2O5. The molecule has 1 aliphatic heterocycles. The molecular weight excluding hydrogens is 547 g/mol. The number of nitrogens with two attached hydrogens (primary N) is 1. The molecule has 0 saturated heterocycles. The van der Waals surface area contributed by atoms with E-state index < -0.39 is 11.9 Å². The average Bonchev–Trinajstić information content (AvgIpc) is 3.31. The van der Waals surface area contributed by atoms with E-state index in [2.05, 4.69) is 6.07 Å². The fourth-order valence-corrected chi connectivity index (χ4v) is 5.23. The predicted molar refractivity (Wildman–Crippen MR) is 158 cm³/mol. The molecule has 0 amide bonds. The maximum atomic E-state index is 14.1. The third-order valence-electron chi connectivity index (χ3n) is 7.68. The van der Waals surface area contributed by atoms with E-state index in [-0.39, 0.29) is 35.4 Å². The van der Waals surface area contributed by atoms with Crippen molar-refractivity contribution in [3.05, 3.63) is 135 Å². The van der Waals surface area contributed by atoms with E-state index in [1.807, 2.05) is 39.0 Å². The third kappa shape index (κ3) is 5.17. The molecule has 2 heterocycles. The number of ether oxygens (including phenoxy) is 3. The molecule has 0 radical (unpaired) electrons. The first-order valence-corrected chi connectivity index (χ1v) is 13.6. The number of halogens is 1. The van der Waals surface area contributed by atoms with Crippen LogP contribution in [-0.4, -0.2) is 5.97 Å². The maximum absolute atomic E-state index is 14.1. The van der Waals surface area contributed by atoms with Crippen LogP contribution >= 0.6 is 0 Å². The molecule has 0 aliphatic carbocycles. The highest BCUT2D eigenvalue weighted by atomic mass is 19.1. The van der Waals surface area contributed by atoms with E-state index in [9.17, 15) is 14.4 Å². The van der Waals surface area contributed by atoms with E-state index in [4.69, 9.17) is 24.4 Å². The SMILES string of the molecule is Cc1cc2oc(C(=O)Oc3ccc4c(c3)OC(N)=C(C#N)C4c3cccc(OCc4ccccc4F)c3)c(C)c2cc1C. The predicted octanol–water partition coefficient (Wildman–Crippen LogP) is 7.51. The van der Waals surface area contributed by atoms with Gasteiger partial charge < -0.3 is 24.4 Å². The summed E-state index contributed by atoms with van der Waals surface area (Å²) in [4.78, 5) is 13.1. The van der Waals surface area contributed by atoms with E-state index in [1.165, 1.54) is 6.07 Å². The molecule has 6 rings (SSSR count). The molecule has 0 bridgehead atoms. The minimum absolute atomic E-state index is 0.0439. The van der Waals surface area contributed by atoms with Gasteiger partial charge in [-0.2, -0.15) is 5.26 Å². The van der Waals surface area contributed by atoms with Gasteiger partial charge in [0.05, 0.1) is 5.92 Å². The van der Waals surface area contributed by atoms with Crippen LogP contribution in [0, 0.1) is 37.9 Å². The lowest BCUT2D eigenvalue weighted by atomic mass is 9.83. The second-order valence-corrected chi connectivity index (χ2v) is 10.5. The van der Waals surface area contributed by atoms with Gasteiger partial charge in [0.2, 0.25) is 11.6 Å². The van der Waals surface area contributed by atoms with Crippen LogP contribution in [0.4, 0.5) is 4.39 Å². The average molecular weight is 575 g/mol. The molecule has 43 heavy (non-hydrogen) atoms. The summed E-state index contributed by atoms with van der Waals surface area (Å²) in [6.45, 7) is 5.85. The van der Waals surface area contributed by atoms with Crippen molar-refractivity contribution in [2.24, 2.45) is 5.73 Å². The fraction of sp³-hybridized carbons (Fsp3) is 0.143. The maximum Gasteiger partial charge on any atom is 0.379 e. The number of nitrogens with zero attached hydrogens (tertiary/aromatic N) is 1. The number of carbonyl (C=O) groups excluding carboxylic acids is 1. The van der Waals surface area contributed by atoms with Crippen molar-refractivity contribution in [1.29, 1.82) is 5.26 Å². The van der Waals surface area contributed by atoms with Crippen molar-refractivity contribution >= 4 is 16.9 Å². The second kappa shape index (κ2) is 11.0. The minimum Gasteiger partial charge on any atom is -0.489 e. The van der Waals surface area contributed by atoms with Crippen LogP contribution in [0.2, 0.25) is 0 Å². The van der Waals surface area contributed by atoms with Gasteiger partial charge in [-0.05, 0) is 73.9 Å². The number of hydrogen-bond acceptors (Lipinski definition) is 7. The summed E-state index contributed by atoms with van der Waals surface area (Å²) >= 11 is 0. The zero-order valence-electron chi connectivity index (χ0n) is 23.7. The fourth-order valence-electron chi connectivity index (χ4n) is 5.23. The minimum atomic E-state index is -0.641. The Balaban J connectivity index is 1.28. The van der Waals surface area contributed by atoms with Crippen LogP contribution < -0.4 is 19.9 Å². The van der Waals surface area contributed by atoms with Crippen LogP contribution in [0.15, 0.2) is 94.7 Å². The van der Waals surface area contributed by atoms with Crippen molar-refractivity contribution in [1.82, 2.24) is 0 Å². The number of benzene rings is 4. The number of allylic oxidation sites excluding steroid dienone is 1. The van der Waals surface area contributed by atoms with E-state index in [0.29, 0.717) is 33.8 Å². The molecule has 2 N–H and O–H groups in total. The molecule has 1 aromatic heterocycles. The van der Waals surface area contributed by atoms with E-state index >= 15 is 0 Å². The highest BCUT2D eigenvalue weighted by Gasteiger charge is 2.31. The number of fused-ring (bicyclic) bond motifs is 2. The van der Waals surface area contributed by atoms with Gasteiger partial charge in [-0.3, -0.25) is 0 Å². The molecule has 1 unspecified atom stereocenters. The Morgan fingerprint density at radius 1 is 0.977 bits per heavy atom. The summed E-state index contributed by atoms with van der Waals surface area (Å²) < 4.78 is 37.3. The number of esters is 1. The number of aryl methyl sites for hydroxylation is 3. The molecule has 4 aromatic carbocycles. The molecule has 8 heteroatoms. The summed E-state index contributed by atoms with van der Waals surface area (Å²) in [5.41, 5.74) is 11.7. The van der Waals surface area contributed by atoms with Crippen molar-refractivity contribution in [3.8, 4) is 23.3 Å². The number of hydrogen-bond donors (Lipinski definition) is 1. The van der Waals surface area contributed by atoms with Crippen molar-refractivity contribution < 1.29 is 27.8 Å². The summed E-state index contributed by atoms with van der Waals surface area (Å²) in [6, 6.07) is 24.6. The third-order valence-corrected chi connectivity index (χ3v) is 7.68. The number of furan rings is 1. The van der Waals surface area contributed by atoms with Crippen LogP contribution in [0.3, 0.4) is 0 Å². The molecule has 214 valence electrons. The smallest absolute Gasteiger partial charge is 0.379 e. The van der Waals surface area contributed by atoms with Gasteiger partial charge in [0.1, 0.15) is 46.9 Å². The molecule has 0 saturated carbocycles. The Morgan fingerprint density at radius 3 is 2.56 bits per heavy atom. The van der Waals surface area contributed by atoms with Gasteiger partial charge in [0.15, 0.2) is 0 Å². The molecule has 1 aliphatic rings. The van der Waals surface area contributed by atoms with E-state index in [1.54, 1.807) is 54.6 Å². The first-order valence-electron chi connectivity index (χ1n) is 13.6. The normalized spacial score (nSPS) is 14.2. The quantitative estimate of drug-likeness (QED) is 0.165. The Kier molecular flexibility index (Phi) is 7.08. The van der Waals surface area contributed by atoms with Gasteiger partial charge in [0, 0.05) is 28.1 Å². The number of carbonyl (C=O) groups is 1. The Labute approximate surface area is 247 Å². The highest BCUT2D eigenvalue weighted by molar-refractivity contribution is 5.97. The second-order valence-electron chi connectivity index (χ2n) is 10.5. The highest BCUT2D eigenvalue weighted by Crippen LogP contribution is 2.44. The summed E-state index contributed by atoms with van der Waals surface area (Å²) in [7, 11) is 0. The van der Waals surface area contributed by atoms with Crippen molar-refractivity contribution in [2.75, 3.05) is 0 Å². The zero-order valence-corrected chi connectivity index (χ0v) is 23.7. The molecule has 0 spiro atoms. The van der Waals surface area contributed by atoms with Crippen molar-refractivity contribution in [3.63, 3.8) is 0 Å². The van der Waals surface area contributed by atoms with Crippen LogP contribution in [0.1, 0.15) is 49.9 Å². The number of rotatable bonds is 6. The Bertz CT molecular complexity index is 1980. The Morgan fingerprint density at radius 2 is 1.77 bits per heavy atom. The largest absolute Gasteiger partial charge is 0.489 e. The number of nitriles is 1. The molecule has 0 fully saturated rings. The van der Waals surface area contributed by atoms with Gasteiger partial charge in [-0.1, -0.05) is 36.4 Å². The van der Waals surface area contributed by atoms with Gasteiger partial charge >= 0.3 is 5.97 Å². The first-order chi connectivity index (χ1) is 20.7. The van der Waals surface area contributed by atoms with Gasteiger partial charge in [-0.15, -0.1) is 0 Å². The van der Waals surface area contributed by atoms with Crippen LogP contribution in [-0.2, 0) is 6.61 Å². The van der Waals surface area contributed by atoms with Gasteiger partial charge in [-0.25, -0.2) is 9.18 Å². The molecule has 7 nitrogen and oxygen atoms in total. The zero-order chi connectivity index (χ0) is 30.2.